The summed E-state index contributed by atoms with van der Waals surface area (Å²) in [4.78, 5) is 43.8. The molecule has 374 valence electrons. The molecule has 2 atom stereocenters. The summed E-state index contributed by atoms with van der Waals surface area (Å²) >= 11 is 4.80. The van der Waals surface area contributed by atoms with Gasteiger partial charge in [0.2, 0.25) is 17.7 Å². The third kappa shape index (κ3) is 11.7. The van der Waals surface area contributed by atoms with E-state index >= 15 is 4.79 Å². The lowest BCUT2D eigenvalue weighted by Crippen LogP contribution is -2.55. The highest BCUT2D eigenvalue weighted by Crippen LogP contribution is 2.51. The van der Waals surface area contributed by atoms with Crippen molar-refractivity contribution in [3.63, 3.8) is 0 Å². The maximum atomic E-state index is 15.3. The van der Waals surface area contributed by atoms with Crippen LogP contribution in [0.4, 0.5) is 0 Å². The van der Waals surface area contributed by atoms with Crippen LogP contribution < -0.4 is 16.4 Å². The number of nitrogens with one attached hydrogen (secondary N) is 2. The van der Waals surface area contributed by atoms with Crippen molar-refractivity contribution in [1.29, 1.82) is 0 Å². The highest BCUT2D eigenvalue weighted by atomic mass is 32.2. The standard InChI is InChI=1S/C66H59N3O3S3/c67-62(71)59(48-74-65(53-34-16-4-17-35-53,54-36-18-5-19-37-54)55-38-20-6-21-39-55)69-63(72)60(49-75-66(56-40-22-7-23-41-56,57-42-24-8-25-43-57)58-44-26-9-27-45-58)68-61(70)46-47-73-64(50-28-10-1-11-29-50,51-30-12-2-13-31-51)52-32-14-3-15-33-52/h1-45,59-60H,46-49H2,(H2,67,71)(H,68,70)(H,69,72)/t59-,60-/m0/s1. The molecule has 9 heteroatoms. The van der Waals surface area contributed by atoms with Gasteiger partial charge in [0.1, 0.15) is 12.1 Å². The van der Waals surface area contributed by atoms with Gasteiger partial charge >= 0.3 is 0 Å². The number of carbonyl (C=O) groups excluding carboxylic acids is 3. The summed E-state index contributed by atoms with van der Waals surface area (Å²) in [5, 5.41) is 6.28. The minimum Gasteiger partial charge on any atom is -0.368 e. The minimum absolute atomic E-state index is 0.109. The van der Waals surface area contributed by atoms with E-state index in [4.69, 9.17) is 5.73 Å². The molecular formula is C66H59N3O3S3. The van der Waals surface area contributed by atoms with Gasteiger partial charge < -0.3 is 16.4 Å². The Hall–Kier alpha value is -7.56. The van der Waals surface area contributed by atoms with Crippen molar-refractivity contribution in [1.82, 2.24) is 10.6 Å². The van der Waals surface area contributed by atoms with E-state index in [1.807, 2.05) is 164 Å². The summed E-state index contributed by atoms with van der Waals surface area (Å²) in [7, 11) is 0. The lowest BCUT2D eigenvalue weighted by molar-refractivity contribution is -0.130. The molecule has 0 unspecified atom stereocenters. The molecule has 75 heavy (non-hydrogen) atoms. The highest BCUT2D eigenvalue weighted by Gasteiger charge is 2.42. The smallest absolute Gasteiger partial charge is 0.244 e. The molecule has 3 amide bonds. The first kappa shape index (κ1) is 52.3. The van der Waals surface area contributed by atoms with Gasteiger partial charge in [0, 0.05) is 23.7 Å². The van der Waals surface area contributed by atoms with Crippen molar-refractivity contribution in [3.8, 4) is 0 Å². The summed E-state index contributed by atoms with van der Waals surface area (Å²) < 4.78 is -2.22. The molecule has 0 aromatic heterocycles. The lowest BCUT2D eigenvalue weighted by Gasteiger charge is -2.37. The SMILES string of the molecule is NC(=O)[C@H](CSC(c1ccccc1)(c1ccccc1)c1ccccc1)NC(=O)[C@H](CSC(c1ccccc1)(c1ccccc1)c1ccccc1)NC(=O)CCSC(c1ccccc1)(c1ccccc1)c1ccccc1. The molecule has 0 saturated heterocycles. The molecule has 9 aromatic carbocycles. The zero-order chi connectivity index (χ0) is 51.8. The molecule has 0 saturated carbocycles. The third-order valence-corrected chi connectivity index (χ3v) is 18.3. The Morgan fingerprint density at radius 2 is 0.560 bits per heavy atom. The average Bonchev–Trinajstić information content (AvgIpc) is 3.48. The zero-order valence-electron chi connectivity index (χ0n) is 41.5. The molecule has 0 fully saturated rings. The van der Waals surface area contributed by atoms with Gasteiger partial charge in [0.05, 0.1) is 14.2 Å². The number of hydrogen-bond acceptors (Lipinski definition) is 6. The number of thioether (sulfide) groups is 3. The van der Waals surface area contributed by atoms with Crippen molar-refractivity contribution in [2.75, 3.05) is 17.3 Å². The largest absolute Gasteiger partial charge is 0.368 e. The fourth-order valence-electron chi connectivity index (χ4n) is 9.94. The Kier molecular flexibility index (Phi) is 17.5. The predicted molar refractivity (Wildman–Crippen MR) is 313 cm³/mol. The first-order chi connectivity index (χ1) is 36.8. The Labute approximate surface area is 454 Å². The summed E-state index contributed by atoms with van der Waals surface area (Å²) in [6.45, 7) is 0. The van der Waals surface area contributed by atoms with Crippen molar-refractivity contribution in [2.45, 2.75) is 32.7 Å². The van der Waals surface area contributed by atoms with E-state index in [9.17, 15) is 9.59 Å². The summed E-state index contributed by atoms with van der Waals surface area (Å²) in [5.74, 6) is -0.780. The molecule has 9 aromatic rings. The summed E-state index contributed by atoms with van der Waals surface area (Å²) in [5.41, 5.74) is 15.6. The third-order valence-electron chi connectivity index (χ3n) is 13.5. The summed E-state index contributed by atoms with van der Waals surface area (Å²) in [6.07, 6.45) is 0.109. The Morgan fingerprint density at radius 3 is 0.800 bits per heavy atom. The van der Waals surface area contributed by atoms with Gasteiger partial charge in [-0.05, 0) is 50.1 Å². The topological polar surface area (TPSA) is 101 Å². The van der Waals surface area contributed by atoms with Gasteiger partial charge in [-0.3, -0.25) is 14.4 Å². The summed E-state index contributed by atoms with van der Waals surface area (Å²) in [6, 6.07) is 90.3. The number of primary amides is 1. The second-order valence-electron chi connectivity index (χ2n) is 18.1. The first-order valence-electron chi connectivity index (χ1n) is 25.2. The zero-order valence-corrected chi connectivity index (χ0v) is 43.9. The van der Waals surface area contributed by atoms with Crippen LogP contribution >= 0.6 is 35.3 Å². The van der Waals surface area contributed by atoms with Gasteiger partial charge in [-0.15, -0.1) is 35.3 Å². The maximum absolute atomic E-state index is 15.3. The van der Waals surface area contributed by atoms with E-state index in [0.717, 1.165) is 50.1 Å². The van der Waals surface area contributed by atoms with Crippen molar-refractivity contribution in [2.24, 2.45) is 5.73 Å². The molecule has 0 aliphatic carbocycles. The molecule has 0 bridgehead atoms. The van der Waals surface area contributed by atoms with E-state index < -0.39 is 38.1 Å². The fourth-order valence-corrected chi connectivity index (χ4v) is 14.6. The molecule has 0 radical (unpaired) electrons. The molecule has 9 rings (SSSR count). The molecule has 0 spiro atoms. The van der Waals surface area contributed by atoms with Gasteiger partial charge in [0.15, 0.2) is 0 Å². The van der Waals surface area contributed by atoms with Crippen molar-refractivity contribution in [3.05, 3.63) is 323 Å². The van der Waals surface area contributed by atoms with Crippen LogP contribution in [0, 0.1) is 0 Å². The normalized spacial score (nSPS) is 12.5. The highest BCUT2D eigenvalue weighted by molar-refractivity contribution is 8.01. The van der Waals surface area contributed by atoms with Crippen LogP contribution in [0.2, 0.25) is 0 Å². The van der Waals surface area contributed by atoms with Crippen LogP contribution in [-0.2, 0) is 28.6 Å². The number of nitrogens with two attached hydrogens (primary N) is 1. The lowest BCUT2D eigenvalue weighted by atomic mass is 9.84. The average molecular weight is 1040 g/mol. The molecular weight excluding hydrogens is 979 g/mol. The number of rotatable bonds is 23. The van der Waals surface area contributed by atoms with E-state index in [2.05, 4.69) is 120 Å². The van der Waals surface area contributed by atoms with Crippen LogP contribution in [0.25, 0.3) is 0 Å². The van der Waals surface area contributed by atoms with Crippen molar-refractivity contribution < 1.29 is 14.4 Å². The molecule has 6 nitrogen and oxygen atoms in total. The Bertz CT molecular complexity index is 2910. The maximum Gasteiger partial charge on any atom is 0.244 e. The second-order valence-corrected chi connectivity index (χ2v) is 21.9. The van der Waals surface area contributed by atoms with Gasteiger partial charge in [-0.2, -0.15) is 0 Å². The number of amides is 3. The van der Waals surface area contributed by atoms with Crippen LogP contribution in [0.5, 0.6) is 0 Å². The molecule has 0 aliphatic rings. The van der Waals surface area contributed by atoms with Crippen LogP contribution in [0.1, 0.15) is 56.5 Å². The van der Waals surface area contributed by atoms with Crippen LogP contribution in [0.3, 0.4) is 0 Å². The first-order valence-corrected chi connectivity index (χ1v) is 28.1. The number of carbonyl (C=O) groups is 3. The van der Waals surface area contributed by atoms with Crippen LogP contribution in [0.15, 0.2) is 273 Å². The minimum atomic E-state index is -1.11. The molecule has 4 N–H and O–H groups in total. The van der Waals surface area contributed by atoms with E-state index in [1.54, 1.807) is 23.5 Å². The van der Waals surface area contributed by atoms with Gasteiger partial charge in [-0.1, -0.05) is 273 Å². The van der Waals surface area contributed by atoms with E-state index in [0.29, 0.717) is 5.75 Å². The van der Waals surface area contributed by atoms with Crippen molar-refractivity contribution >= 4 is 53.0 Å². The Morgan fingerprint density at radius 1 is 0.333 bits per heavy atom. The number of hydrogen-bond donors (Lipinski definition) is 3. The molecule has 0 heterocycles. The number of benzene rings is 9. The molecule has 0 aliphatic heterocycles. The van der Waals surface area contributed by atoms with Gasteiger partial charge in [-0.25, -0.2) is 0 Å². The van der Waals surface area contributed by atoms with E-state index in [1.165, 1.54) is 11.8 Å². The Balaban J connectivity index is 1.05. The fraction of sp³-hybridized carbons (Fsp3) is 0.136. The monoisotopic (exact) mass is 1040 g/mol. The van der Waals surface area contributed by atoms with Crippen LogP contribution in [-0.4, -0.2) is 47.1 Å². The van der Waals surface area contributed by atoms with Gasteiger partial charge in [0.25, 0.3) is 0 Å². The second kappa shape index (κ2) is 25.1. The predicted octanol–water partition coefficient (Wildman–Crippen LogP) is 13.0. The van der Waals surface area contributed by atoms with E-state index in [-0.39, 0.29) is 23.8 Å². The quantitative estimate of drug-likeness (QED) is 0.0552.